The Bertz CT molecular complexity index is 782. The van der Waals surface area contributed by atoms with Crippen LogP contribution in [0.25, 0.3) is 0 Å². The van der Waals surface area contributed by atoms with E-state index in [9.17, 15) is 12.8 Å². The Balaban J connectivity index is 2.45. The Morgan fingerprint density at radius 2 is 1.90 bits per heavy atom. The minimum atomic E-state index is -3.84. The van der Waals surface area contributed by atoms with Crippen LogP contribution in [0.2, 0.25) is 0 Å². The zero-order chi connectivity index (χ0) is 15.8. The van der Waals surface area contributed by atoms with Crippen LogP contribution in [0.1, 0.15) is 22.6 Å². The lowest BCUT2D eigenvalue weighted by molar-refractivity contribution is 0.494. The lowest BCUT2D eigenvalue weighted by Crippen LogP contribution is -2.16. The van der Waals surface area contributed by atoms with E-state index >= 15 is 0 Å². The Morgan fingerprint density at radius 1 is 1.24 bits per heavy atom. The summed E-state index contributed by atoms with van der Waals surface area (Å²) in [4.78, 5) is 0.0458. The van der Waals surface area contributed by atoms with Gasteiger partial charge in [0.05, 0.1) is 0 Å². The third-order valence-electron chi connectivity index (χ3n) is 3.21. The lowest BCUT2D eigenvalue weighted by Gasteiger charge is -2.10. The van der Waals surface area contributed by atoms with E-state index in [0.717, 1.165) is 0 Å². The first kappa shape index (κ1) is 15.5. The van der Waals surface area contributed by atoms with E-state index < -0.39 is 15.8 Å². The lowest BCUT2D eigenvalue weighted by atomic mass is 10.2. The van der Waals surface area contributed by atoms with Crippen LogP contribution in [-0.2, 0) is 16.6 Å². The first-order chi connectivity index (χ1) is 9.76. The van der Waals surface area contributed by atoms with Crippen molar-refractivity contribution in [3.05, 3.63) is 46.7 Å². The minimum Gasteiger partial charge on any atom is -0.465 e. The molecule has 1 aromatic carbocycles. The average molecular weight is 312 g/mol. The molecular formula is C14H17FN2O3S. The third kappa shape index (κ3) is 2.93. The minimum absolute atomic E-state index is 0.0458. The van der Waals surface area contributed by atoms with Gasteiger partial charge in [0.2, 0.25) is 0 Å². The summed E-state index contributed by atoms with van der Waals surface area (Å²) in [5.74, 6) is 0.362. The molecule has 0 bridgehead atoms. The van der Waals surface area contributed by atoms with Crippen molar-refractivity contribution in [2.24, 2.45) is 5.73 Å². The average Bonchev–Trinajstić information content (AvgIpc) is 2.68. The van der Waals surface area contributed by atoms with E-state index in [1.807, 2.05) is 0 Å². The van der Waals surface area contributed by atoms with Gasteiger partial charge in [0, 0.05) is 17.8 Å². The number of halogens is 1. The van der Waals surface area contributed by atoms with Gasteiger partial charge in [-0.1, -0.05) is 0 Å². The molecule has 21 heavy (non-hydrogen) atoms. The first-order valence-electron chi connectivity index (χ1n) is 6.34. The molecule has 2 aromatic rings. The summed E-state index contributed by atoms with van der Waals surface area (Å²) in [5, 5.41) is 0. The van der Waals surface area contributed by atoms with Crippen molar-refractivity contribution in [3.8, 4) is 0 Å². The van der Waals surface area contributed by atoms with Gasteiger partial charge in [-0.3, -0.25) is 4.72 Å². The van der Waals surface area contributed by atoms with Gasteiger partial charge in [-0.2, -0.15) is 0 Å². The molecule has 0 amide bonds. The maximum absolute atomic E-state index is 13.2. The Morgan fingerprint density at radius 3 is 2.48 bits per heavy atom. The van der Waals surface area contributed by atoms with Crippen LogP contribution in [0.5, 0.6) is 0 Å². The smallest absolute Gasteiger partial charge is 0.265 e. The SMILES string of the molecule is Cc1cc(NS(=O)(=O)c2c(C)oc(C)c2CN)ccc1F. The molecule has 0 spiro atoms. The van der Waals surface area contributed by atoms with E-state index in [4.69, 9.17) is 10.2 Å². The number of benzene rings is 1. The second kappa shape index (κ2) is 5.50. The Kier molecular flexibility index (Phi) is 4.06. The zero-order valence-corrected chi connectivity index (χ0v) is 12.8. The molecule has 0 aliphatic heterocycles. The molecule has 0 saturated heterocycles. The second-order valence-corrected chi connectivity index (χ2v) is 6.41. The fourth-order valence-electron chi connectivity index (χ4n) is 2.21. The summed E-state index contributed by atoms with van der Waals surface area (Å²) in [6, 6.07) is 4.01. The van der Waals surface area contributed by atoms with Crippen LogP contribution in [0.4, 0.5) is 10.1 Å². The van der Waals surface area contributed by atoms with E-state index in [2.05, 4.69) is 4.72 Å². The maximum atomic E-state index is 13.2. The zero-order valence-electron chi connectivity index (χ0n) is 12.0. The Hall–Kier alpha value is -1.86. The summed E-state index contributed by atoms with van der Waals surface area (Å²) in [7, 11) is -3.84. The number of furan rings is 1. The molecule has 3 N–H and O–H groups in total. The largest absolute Gasteiger partial charge is 0.465 e. The Labute approximate surface area is 123 Å². The van der Waals surface area contributed by atoms with Gasteiger partial charge in [-0.15, -0.1) is 0 Å². The standard InChI is InChI=1S/C14H17FN2O3S/c1-8-6-11(4-5-13(8)15)17-21(18,19)14-10(3)20-9(2)12(14)7-16/h4-6,17H,7,16H2,1-3H3. The van der Waals surface area contributed by atoms with Gasteiger partial charge < -0.3 is 10.2 Å². The summed E-state index contributed by atoms with van der Waals surface area (Å²) in [6.07, 6.45) is 0. The van der Waals surface area contributed by atoms with Crippen molar-refractivity contribution in [2.45, 2.75) is 32.2 Å². The van der Waals surface area contributed by atoms with Gasteiger partial charge in [-0.05, 0) is 44.5 Å². The van der Waals surface area contributed by atoms with Gasteiger partial charge in [0.25, 0.3) is 10.0 Å². The molecule has 0 saturated carbocycles. The summed E-state index contributed by atoms with van der Waals surface area (Å²) in [5.41, 5.74) is 6.68. The molecule has 0 radical (unpaired) electrons. The summed E-state index contributed by atoms with van der Waals surface area (Å²) in [6.45, 7) is 4.85. The van der Waals surface area contributed by atoms with E-state index in [1.165, 1.54) is 18.2 Å². The molecule has 7 heteroatoms. The second-order valence-electron chi connectivity index (χ2n) is 4.80. The van der Waals surface area contributed by atoms with Gasteiger partial charge >= 0.3 is 0 Å². The summed E-state index contributed by atoms with van der Waals surface area (Å²) < 4.78 is 46.0. The van der Waals surface area contributed by atoms with E-state index in [-0.39, 0.29) is 22.9 Å². The number of nitrogens with two attached hydrogens (primary N) is 1. The number of hydrogen-bond donors (Lipinski definition) is 2. The molecule has 114 valence electrons. The van der Waals surface area contributed by atoms with Gasteiger partial charge in [0.15, 0.2) is 0 Å². The highest BCUT2D eigenvalue weighted by atomic mass is 32.2. The normalized spacial score (nSPS) is 11.7. The molecule has 0 fully saturated rings. The highest BCUT2D eigenvalue weighted by Crippen LogP contribution is 2.28. The molecule has 0 atom stereocenters. The fraction of sp³-hybridized carbons (Fsp3) is 0.286. The molecule has 1 aromatic heterocycles. The van der Waals surface area contributed by atoms with Crippen molar-refractivity contribution in [3.63, 3.8) is 0 Å². The maximum Gasteiger partial charge on any atom is 0.265 e. The number of nitrogens with one attached hydrogen (secondary N) is 1. The van der Waals surface area contributed by atoms with Crippen molar-refractivity contribution in [1.29, 1.82) is 0 Å². The topological polar surface area (TPSA) is 85.3 Å². The molecule has 2 rings (SSSR count). The first-order valence-corrected chi connectivity index (χ1v) is 7.82. The van der Waals surface area contributed by atoms with Crippen LogP contribution >= 0.6 is 0 Å². The monoisotopic (exact) mass is 312 g/mol. The molecule has 5 nitrogen and oxygen atoms in total. The predicted octanol–water partition coefficient (Wildman–Crippen LogP) is 2.60. The number of anilines is 1. The number of sulfonamides is 1. The molecular weight excluding hydrogens is 295 g/mol. The number of aryl methyl sites for hydroxylation is 3. The quantitative estimate of drug-likeness (QED) is 0.908. The molecule has 0 aliphatic carbocycles. The van der Waals surface area contributed by atoms with Crippen molar-refractivity contribution in [1.82, 2.24) is 0 Å². The highest BCUT2D eigenvalue weighted by Gasteiger charge is 2.26. The molecule has 1 heterocycles. The van der Waals surface area contributed by atoms with E-state index in [0.29, 0.717) is 16.9 Å². The fourth-order valence-corrected chi connectivity index (χ4v) is 3.72. The van der Waals surface area contributed by atoms with E-state index in [1.54, 1.807) is 20.8 Å². The number of hydrogen-bond acceptors (Lipinski definition) is 4. The van der Waals surface area contributed by atoms with Crippen molar-refractivity contribution in [2.75, 3.05) is 4.72 Å². The van der Waals surface area contributed by atoms with Crippen molar-refractivity contribution >= 4 is 15.7 Å². The van der Waals surface area contributed by atoms with Crippen LogP contribution in [0, 0.1) is 26.6 Å². The predicted molar refractivity (Wildman–Crippen MR) is 78.0 cm³/mol. The molecule has 0 aliphatic rings. The van der Waals surface area contributed by atoms with Crippen LogP contribution in [0.15, 0.2) is 27.5 Å². The highest BCUT2D eigenvalue weighted by molar-refractivity contribution is 7.92. The summed E-state index contributed by atoms with van der Waals surface area (Å²) >= 11 is 0. The van der Waals surface area contributed by atoms with Crippen molar-refractivity contribution < 1.29 is 17.2 Å². The third-order valence-corrected chi connectivity index (χ3v) is 4.78. The van der Waals surface area contributed by atoms with Crippen LogP contribution in [0.3, 0.4) is 0 Å². The van der Waals surface area contributed by atoms with Gasteiger partial charge in [0.1, 0.15) is 22.2 Å². The molecule has 0 unspecified atom stereocenters. The number of rotatable bonds is 4. The van der Waals surface area contributed by atoms with Gasteiger partial charge in [-0.25, -0.2) is 12.8 Å². The van der Waals surface area contributed by atoms with Crippen LogP contribution < -0.4 is 10.5 Å². The van der Waals surface area contributed by atoms with Crippen LogP contribution in [-0.4, -0.2) is 8.42 Å².